The molecule has 10 heteroatoms. The van der Waals surface area contributed by atoms with E-state index in [-0.39, 0.29) is 29.6 Å². The number of likely N-dealkylation sites (tertiary alicyclic amines) is 1. The Balaban J connectivity index is 1.50. The van der Waals surface area contributed by atoms with E-state index < -0.39 is 12.1 Å². The molecule has 1 aromatic carbocycles. The summed E-state index contributed by atoms with van der Waals surface area (Å²) in [6.45, 7) is 4.33. The molecule has 2 aliphatic rings. The van der Waals surface area contributed by atoms with Crippen LogP contribution in [0.15, 0.2) is 30.3 Å². The molecule has 35 heavy (non-hydrogen) atoms. The quantitative estimate of drug-likeness (QED) is 0.597. The molecule has 0 unspecified atom stereocenters. The molecule has 0 spiro atoms. The second-order valence-electron chi connectivity index (χ2n) is 9.64. The summed E-state index contributed by atoms with van der Waals surface area (Å²) < 4.78 is 0. The van der Waals surface area contributed by atoms with E-state index in [0.29, 0.717) is 25.2 Å². The first-order valence-electron chi connectivity index (χ1n) is 12.7. The Hall–Kier alpha value is -3.30. The van der Waals surface area contributed by atoms with Crippen molar-refractivity contribution in [3.05, 3.63) is 30.3 Å². The number of aromatic nitrogens is 4. The van der Waals surface area contributed by atoms with Crippen LogP contribution in [0.25, 0.3) is 11.4 Å². The van der Waals surface area contributed by atoms with Gasteiger partial charge in [-0.05, 0) is 48.4 Å². The molecular formula is C25H35N7O3. The zero-order valence-corrected chi connectivity index (χ0v) is 20.5. The molecular weight excluding hydrogens is 446 g/mol. The minimum absolute atomic E-state index is 0.0952. The van der Waals surface area contributed by atoms with E-state index in [0.717, 1.165) is 44.1 Å². The lowest BCUT2D eigenvalue weighted by molar-refractivity contribution is -0.142. The van der Waals surface area contributed by atoms with Crippen LogP contribution in [-0.2, 0) is 14.4 Å². The fourth-order valence-corrected chi connectivity index (χ4v) is 5.02. The molecule has 10 nitrogen and oxygen atoms in total. The summed E-state index contributed by atoms with van der Waals surface area (Å²) in [6.07, 6.45) is 7.07. The van der Waals surface area contributed by atoms with Crippen LogP contribution in [0, 0.1) is 11.8 Å². The minimum Gasteiger partial charge on any atom is -0.344 e. The van der Waals surface area contributed by atoms with Gasteiger partial charge in [-0.3, -0.25) is 14.4 Å². The third kappa shape index (κ3) is 5.68. The van der Waals surface area contributed by atoms with E-state index in [1.807, 2.05) is 44.2 Å². The van der Waals surface area contributed by atoms with E-state index in [1.54, 1.807) is 4.90 Å². The fraction of sp³-hybridized carbons (Fsp3) is 0.600. The van der Waals surface area contributed by atoms with Crippen LogP contribution in [0.1, 0.15) is 65.2 Å². The highest BCUT2D eigenvalue weighted by Crippen LogP contribution is 2.29. The summed E-state index contributed by atoms with van der Waals surface area (Å²) in [7, 11) is 0. The molecule has 1 aliphatic carbocycles. The number of tetrazole rings is 1. The number of nitrogens with one attached hydrogen (secondary N) is 2. The van der Waals surface area contributed by atoms with Gasteiger partial charge in [0.15, 0.2) is 0 Å². The Kier molecular flexibility index (Phi) is 8.09. The molecule has 2 fully saturated rings. The molecule has 0 radical (unpaired) electrons. The van der Waals surface area contributed by atoms with Gasteiger partial charge in [-0.1, -0.05) is 63.4 Å². The number of carbonyl (C=O) groups is 3. The van der Waals surface area contributed by atoms with Gasteiger partial charge in [0.2, 0.25) is 17.6 Å². The minimum atomic E-state index is -0.637. The molecule has 2 aromatic rings. The van der Waals surface area contributed by atoms with Crippen molar-refractivity contribution in [3.8, 4) is 11.4 Å². The van der Waals surface area contributed by atoms with E-state index in [2.05, 4.69) is 26.3 Å². The second-order valence-corrected chi connectivity index (χ2v) is 9.64. The van der Waals surface area contributed by atoms with Crippen LogP contribution >= 0.6 is 0 Å². The standard InChI is InChI=1S/C25H35N7O3/c1-3-17(2)23(33)26-21(18-11-6-4-7-12-18)25(35)31-16-10-15-20(31)24(34)28-32-22(27-29-30-32)19-13-8-5-9-14-19/h5,8-9,13-14,17-18,20-21H,3-4,6-7,10-12,15-16H2,1-2H3,(H,26,33)(H,28,34)/t17-,20+,21+/m1/s1. The number of amides is 3. The number of rotatable bonds is 8. The van der Waals surface area contributed by atoms with Gasteiger partial charge in [0, 0.05) is 18.0 Å². The van der Waals surface area contributed by atoms with Gasteiger partial charge in [-0.15, -0.1) is 9.89 Å². The topological polar surface area (TPSA) is 122 Å². The third-order valence-corrected chi connectivity index (χ3v) is 7.30. The maximum absolute atomic E-state index is 13.8. The fourth-order valence-electron chi connectivity index (χ4n) is 5.02. The predicted molar refractivity (Wildman–Crippen MR) is 130 cm³/mol. The average Bonchev–Trinajstić information content (AvgIpc) is 3.57. The lowest BCUT2D eigenvalue weighted by Gasteiger charge is -2.35. The van der Waals surface area contributed by atoms with Crippen molar-refractivity contribution in [2.45, 2.75) is 77.3 Å². The van der Waals surface area contributed by atoms with Crippen LogP contribution in [0.5, 0.6) is 0 Å². The van der Waals surface area contributed by atoms with E-state index in [1.165, 1.54) is 4.79 Å². The Morgan fingerprint density at radius 1 is 1.06 bits per heavy atom. The lowest BCUT2D eigenvalue weighted by Crippen LogP contribution is -2.56. The maximum atomic E-state index is 13.8. The Labute approximate surface area is 205 Å². The Bertz CT molecular complexity index is 1020. The van der Waals surface area contributed by atoms with Gasteiger partial charge in [-0.2, -0.15) is 0 Å². The van der Waals surface area contributed by atoms with Gasteiger partial charge in [0.1, 0.15) is 12.1 Å². The van der Waals surface area contributed by atoms with Gasteiger partial charge < -0.3 is 10.2 Å². The van der Waals surface area contributed by atoms with Crippen molar-refractivity contribution in [2.24, 2.45) is 11.8 Å². The summed E-state index contributed by atoms with van der Waals surface area (Å²) in [5.74, 6) is -0.253. The molecule has 1 saturated carbocycles. The number of nitrogens with zero attached hydrogens (tertiary/aromatic N) is 5. The zero-order chi connectivity index (χ0) is 24.8. The summed E-state index contributed by atoms with van der Waals surface area (Å²) in [5, 5.41) is 14.7. The number of hydrogen-bond acceptors (Lipinski definition) is 6. The zero-order valence-electron chi connectivity index (χ0n) is 20.5. The highest BCUT2D eigenvalue weighted by Gasteiger charge is 2.41. The highest BCUT2D eigenvalue weighted by molar-refractivity contribution is 5.95. The smallest absolute Gasteiger partial charge is 0.262 e. The van der Waals surface area contributed by atoms with E-state index in [9.17, 15) is 14.4 Å². The predicted octanol–water partition coefficient (Wildman–Crippen LogP) is 2.51. The average molecular weight is 482 g/mol. The van der Waals surface area contributed by atoms with Crippen molar-refractivity contribution < 1.29 is 14.4 Å². The van der Waals surface area contributed by atoms with Crippen molar-refractivity contribution in [1.29, 1.82) is 0 Å². The Morgan fingerprint density at radius 3 is 2.51 bits per heavy atom. The maximum Gasteiger partial charge on any atom is 0.262 e. The van der Waals surface area contributed by atoms with Crippen molar-refractivity contribution in [2.75, 3.05) is 12.0 Å². The Morgan fingerprint density at radius 2 is 1.80 bits per heavy atom. The van der Waals surface area contributed by atoms with Gasteiger partial charge in [0.25, 0.3) is 5.91 Å². The first-order valence-corrected chi connectivity index (χ1v) is 12.7. The van der Waals surface area contributed by atoms with Crippen LogP contribution in [0.4, 0.5) is 0 Å². The van der Waals surface area contributed by atoms with Crippen LogP contribution in [0.2, 0.25) is 0 Å². The monoisotopic (exact) mass is 481 g/mol. The lowest BCUT2D eigenvalue weighted by atomic mass is 9.83. The highest BCUT2D eigenvalue weighted by atomic mass is 16.2. The van der Waals surface area contributed by atoms with Crippen LogP contribution < -0.4 is 10.7 Å². The molecule has 188 valence electrons. The van der Waals surface area contributed by atoms with Crippen molar-refractivity contribution >= 4 is 17.7 Å². The second kappa shape index (κ2) is 11.4. The summed E-state index contributed by atoms with van der Waals surface area (Å²) in [5.41, 5.74) is 3.53. The molecule has 4 rings (SSSR count). The van der Waals surface area contributed by atoms with Crippen molar-refractivity contribution in [1.82, 2.24) is 30.5 Å². The SMILES string of the molecule is CC[C@@H](C)C(=O)N[C@H](C(=O)N1CCC[C@H]1C(=O)Nn1nnnc1-c1ccccc1)C1CCCCC1. The number of benzene rings is 1. The summed E-state index contributed by atoms with van der Waals surface area (Å²) in [6, 6.07) is 8.10. The van der Waals surface area contributed by atoms with Crippen LogP contribution in [0.3, 0.4) is 0 Å². The van der Waals surface area contributed by atoms with E-state index >= 15 is 0 Å². The molecule has 3 amide bonds. The van der Waals surface area contributed by atoms with E-state index in [4.69, 9.17) is 0 Å². The molecule has 0 bridgehead atoms. The molecule has 1 saturated heterocycles. The van der Waals surface area contributed by atoms with Gasteiger partial charge >= 0.3 is 0 Å². The molecule has 2 heterocycles. The molecule has 1 aliphatic heterocycles. The molecule has 2 N–H and O–H groups in total. The summed E-state index contributed by atoms with van der Waals surface area (Å²) in [4.78, 5) is 42.7. The molecule has 1 aromatic heterocycles. The number of carbonyl (C=O) groups excluding carboxylic acids is 3. The largest absolute Gasteiger partial charge is 0.344 e. The summed E-state index contributed by atoms with van der Waals surface area (Å²) >= 11 is 0. The number of hydrogen-bond donors (Lipinski definition) is 2. The molecule has 3 atom stereocenters. The van der Waals surface area contributed by atoms with Crippen LogP contribution in [-0.4, -0.2) is 61.6 Å². The van der Waals surface area contributed by atoms with Gasteiger partial charge in [0.05, 0.1) is 0 Å². The van der Waals surface area contributed by atoms with Crippen molar-refractivity contribution in [3.63, 3.8) is 0 Å². The first kappa shape index (κ1) is 24.8. The normalized spacial score (nSPS) is 20.3. The van der Waals surface area contributed by atoms with Gasteiger partial charge in [-0.25, -0.2) is 5.43 Å². The third-order valence-electron chi connectivity index (χ3n) is 7.30. The first-order chi connectivity index (χ1) is 17.0.